The minimum absolute atomic E-state index is 0.171. The topological polar surface area (TPSA) is 96.6 Å². The molecule has 8 nitrogen and oxygen atoms in total. The van der Waals surface area contributed by atoms with Crippen molar-refractivity contribution in [2.75, 3.05) is 26.2 Å². The van der Waals surface area contributed by atoms with E-state index in [1.54, 1.807) is 22.4 Å². The number of nitrogens with zero attached hydrogens (tertiary/aromatic N) is 4. The second-order valence-electron chi connectivity index (χ2n) is 7.95. The van der Waals surface area contributed by atoms with Gasteiger partial charge >= 0.3 is 0 Å². The van der Waals surface area contributed by atoms with E-state index in [1.807, 2.05) is 0 Å². The van der Waals surface area contributed by atoms with Crippen LogP contribution in [-0.4, -0.2) is 59.8 Å². The molecule has 1 aliphatic carbocycles. The molecule has 11 heteroatoms. The van der Waals surface area contributed by atoms with Gasteiger partial charge in [0.2, 0.25) is 11.7 Å². The fourth-order valence-corrected chi connectivity index (χ4v) is 6.54. The summed E-state index contributed by atoms with van der Waals surface area (Å²) in [4.78, 5) is 18.6. The van der Waals surface area contributed by atoms with E-state index < -0.39 is 15.8 Å². The number of halogens is 1. The Balaban J connectivity index is 1.26. The molecule has 1 saturated heterocycles. The van der Waals surface area contributed by atoms with Crippen molar-refractivity contribution in [2.45, 2.75) is 29.4 Å². The molecular weight excluding hydrogens is 455 g/mol. The number of benzene rings is 1. The number of hydrogen-bond donors (Lipinski definition) is 0. The second-order valence-corrected chi connectivity index (χ2v) is 11.0. The number of rotatable bonds is 5. The fraction of sp³-hybridized carbons (Fsp3) is 0.381. The second kappa shape index (κ2) is 8.38. The molecule has 1 aliphatic heterocycles. The third-order valence-corrected chi connectivity index (χ3v) is 9.24. The van der Waals surface area contributed by atoms with Gasteiger partial charge in [-0.3, -0.25) is 4.79 Å². The maximum atomic E-state index is 13.4. The highest BCUT2D eigenvalue weighted by Crippen LogP contribution is 2.37. The van der Waals surface area contributed by atoms with Crippen LogP contribution in [0.5, 0.6) is 0 Å². The lowest BCUT2D eigenvalue weighted by atomic mass is 9.85. The van der Waals surface area contributed by atoms with Gasteiger partial charge in [-0.05, 0) is 37.1 Å². The van der Waals surface area contributed by atoms with E-state index in [0.29, 0.717) is 23.2 Å². The van der Waals surface area contributed by atoms with Crippen molar-refractivity contribution in [2.24, 2.45) is 0 Å². The monoisotopic (exact) mass is 476 g/mol. The van der Waals surface area contributed by atoms with Gasteiger partial charge in [0.15, 0.2) is 0 Å². The molecule has 1 amide bonds. The van der Waals surface area contributed by atoms with E-state index in [-0.39, 0.29) is 41.9 Å². The van der Waals surface area contributed by atoms with Gasteiger partial charge in [0.05, 0.1) is 0 Å². The molecule has 0 unspecified atom stereocenters. The van der Waals surface area contributed by atoms with E-state index in [2.05, 4.69) is 10.1 Å². The number of amides is 1. The summed E-state index contributed by atoms with van der Waals surface area (Å²) in [5, 5.41) is 5.72. The lowest BCUT2D eigenvalue weighted by Crippen LogP contribution is -2.50. The molecule has 0 spiro atoms. The van der Waals surface area contributed by atoms with Gasteiger partial charge in [-0.25, -0.2) is 12.8 Å². The molecule has 0 bridgehead atoms. The zero-order valence-electron chi connectivity index (χ0n) is 17.1. The van der Waals surface area contributed by atoms with Gasteiger partial charge in [-0.1, -0.05) is 17.6 Å². The summed E-state index contributed by atoms with van der Waals surface area (Å²) in [7, 11) is -3.70. The number of sulfonamides is 1. The van der Waals surface area contributed by atoms with Crippen LogP contribution in [0.3, 0.4) is 0 Å². The zero-order valence-corrected chi connectivity index (χ0v) is 18.7. The van der Waals surface area contributed by atoms with Gasteiger partial charge in [0.25, 0.3) is 15.9 Å². The maximum Gasteiger partial charge on any atom is 0.254 e. The molecule has 0 radical (unpaired) electrons. The van der Waals surface area contributed by atoms with E-state index in [0.717, 1.165) is 30.6 Å². The highest BCUT2D eigenvalue weighted by atomic mass is 32.2. The van der Waals surface area contributed by atoms with Crippen LogP contribution in [0.2, 0.25) is 0 Å². The first kappa shape index (κ1) is 21.2. The van der Waals surface area contributed by atoms with Gasteiger partial charge in [0.1, 0.15) is 10.0 Å². The SMILES string of the molecule is O=C(c1cccc(F)c1)N1CCN(S(=O)(=O)c2cc(-c3noc(C4CCC4)n3)cs2)CC1. The molecule has 1 aromatic carbocycles. The number of carbonyl (C=O) groups excluding carboxylic acids is 1. The number of thiophene rings is 1. The summed E-state index contributed by atoms with van der Waals surface area (Å²) < 4.78 is 46.5. The molecule has 3 aromatic rings. The zero-order chi connectivity index (χ0) is 22.3. The first-order valence-electron chi connectivity index (χ1n) is 10.4. The van der Waals surface area contributed by atoms with Crippen molar-refractivity contribution in [3.05, 3.63) is 53.0 Å². The summed E-state index contributed by atoms with van der Waals surface area (Å²) in [5.41, 5.74) is 0.869. The molecule has 3 heterocycles. The van der Waals surface area contributed by atoms with Gasteiger partial charge in [-0.15, -0.1) is 11.3 Å². The summed E-state index contributed by atoms with van der Waals surface area (Å²) in [6, 6.07) is 7.07. The first-order chi connectivity index (χ1) is 15.4. The molecule has 0 N–H and O–H groups in total. The van der Waals surface area contributed by atoms with E-state index in [9.17, 15) is 17.6 Å². The summed E-state index contributed by atoms with van der Waals surface area (Å²) in [5.74, 6) is 0.534. The highest BCUT2D eigenvalue weighted by Gasteiger charge is 2.32. The number of piperazine rings is 1. The average molecular weight is 477 g/mol. The Labute approximate surface area is 188 Å². The standard InChI is InChI=1S/C21H21FN4O4S2/c22-17-6-2-5-15(11-17)21(27)25-7-9-26(10-8-25)32(28,29)18-12-16(13-31-18)19-23-20(30-24-19)14-3-1-4-14/h2,5-6,11-14H,1,3-4,7-10H2. The normalized spacial score (nSPS) is 18.0. The quantitative estimate of drug-likeness (QED) is 0.560. The molecule has 2 fully saturated rings. The molecule has 2 aromatic heterocycles. The largest absolute Gasteiger partial charge is 0.339 e. The molecular formula is C21H21FN4O4S2. The van der Waals surface area contributed by atoms with Crippen molar-refractivity contribution >= 4 is 27.3 Å². The van der Waals surface area contributed by atoms with Crippen LogP contribution >= 0.6 is 11.3 Å². The van der Waals surface area contributed by atoms with Crippen LogP contribution in [0.15, 0.2) is 44.4 Å². The van der Waals surface area contributed by atoms with Gasteiger partial charge in [0, 0.05) is 48.6 Å². The molecule has 1 saturated carbocycles. The molecule has 2 aliphatic rings. The number of aromatic nitrogens is 2. The predicted octanol–water partition coefficient (Wildman–Crippen LogP) is 3.35. The Morgan fingerprint density at radius 3 is 2.62 bits per heavy atom. The summed E-state index contributed by atoms with van der Waals surface area (Å²) in [6.45, 7) is 0.820. The predicted molar refractivity (Wildman–Crippen MR) is 115 cm³/mol. The van der Waals surface area contributed by atoms with Crippen LogP contribution in [0.1, 0.15) is 41.4 Å². The van der Waals surface area contributed by atoms with Crippen molar-refractivity contribution in [1.82, 2.24) is 19.3 Å². The first-order valence-corrected chi connectivity index (χ1v) is 12.7. The van der Waals surface area contributed by atoms with E-state index in [4.69, 9.17) is 4.52 Å². The van der Waals surface area contributed by atoms with Crippen molar-refractivity contribution in [1.29, 1.82) is 0 Å². The smallest absolute Gasteiger partial charge is 0.254 e. The highest BCUT2D eigenvalue weighted by molar-refractivity contribution is 7.91. The van der Waals surface area contributed by atoms with E-state index >= 15 is 0 Å². The van der Waals surface area contributed by atoms with Crippen LogP contribution in [0.4, 0.5) is 4.39 Å². The minimum Gasteiger partial charge on any atom is -0.339 e. The Morgan fingerprint density at radius 2 is 1.94 bits per heavy atom. The molecule has 0 atom stereocenters. The van der Waals surface area contributed by atoms with E-state index in [1.165, 1.54) is 22.5 Å². The molecule has 168 valence electrons. The van der Waals surface area contributed by atoms with Gasteiger partial charge in [-0.2, -0.15) is 9.29 Å². The van der Waals surface area contributed by atoms with Crippen molar-refractivity contribution in [3.8, 4) is 11.4 Å². The Hall–Kier alpha value is -2.63. The Kier molecular flexibility index (Phi) is 5.56. The Morgan fingerprint density at radius 1 is 1.16 bits per heavy atom. The lowest BCUT2D eigenvalue weighted by molar-refractivity contribution is 0.0697. The summed E-state index contributed by atoms with van der Waals surface area (Å²) >= 11 is 1.11. The van der Waals surface area contributed by atoms with Crippen LogP contribution in [-0.2, 0) is 10.0 Å². The third-order valence-electron chi connectivity index (χ3n) is 5.92. The minimum atomic E-state index is -3.70. The third kappa shape index (κ3) is 3.96. The van der Waals surface area contributed by atoms with Crippen molar-refractivity contribution in [3.63, 3.8) is 0 Å². The van der Waals surface area contributed by atoms with Crippen molar-refractivity contribution < 1.29 is 22.1 Å². The Bertz CT molecular complexity index is 1240. The van der Waals surface area contributed by atoms with Crippen LogP contribution in [0.25, 0.3) is 11.4 Å². The van der Waals surface area contributed by atoms with Gasteiger partial charge < -0.3 is 9.42 Å². The van der Waals surface area contributed by atoms with Crippen LogP contribution in [0, 0.1) is 5.82 Å². The number of carbonyl (C=O) groups is 1. The lowest BCUT2D eigenvalue weighted by Gasteiger charge is -2.33. The average Bonchev–Trinajstić information content (AvgIpc) is 3.42. The summed E-state index contributed by atoms with van der Waals surface area (Å²) in [6.07, 6.45) is 3.24. The molecule has 32 heavy (non-hydrogen) atoms. The maximum absolute atomic E-state index is 13.4. The molecule has 5 rings (SSSR count). The fourth-order valence-electron chi connectivity index (χ4n) is 3.81. The van der Waals surface area contributed by atoms with Crippen LogP contribution < -0.4 is 0 Å². The number of hydrogen-bond acceptors (Lipinski definition) is 7.